The van der Waals surface area contributed by atoms with Gasteiger partial charge in [-0.1, -0.05) is 24.1 Å². The standard InChI is InChI=1S/C21H14N4O.C15H10N4O/c22-21-17(9-8-15-5-2-1-3-6-15)24-19(16-10-12-23-13-11-16)20(25-21)18-7-4-14-26-18;1-2-11-15(16)19-14(12-4-3-9-20-12)13(18-11)10-5-7-17-8-6-10/h1-7,10-14H,(H2,22,25);1,3-9H,(H2,16,19). The quantitative estimate of drug-likeness (QED) is 0.225. The number of nitrogens with zero attached hydrogens (tertiary/aromatic N) is 6. The van der Waals surface area contributed by atoms with Crippen molar-refractivity contribution < 1.29 is 8.83 Å². The van der Waals surface area contributed by atoms with Gasteiger partial charge in [-0.15, -0.1) is 6.42 Å². The summed E-state index contributed by atoms with van der Waals surface area (Å²) in [6.45, 7) is 0. The summed E-state index contributed by atoms with van der Waals surface area (Å²) >= 11 is 0. The summed E-state index contributed by atoms with van der Waals surface area (Å²) in [6.07, 6.45) is 15.3. The Morgan fingerprint density at radius 1 is 0.522 bits per heavy atom. The zero-order valence-corrected chi connectivity index (χ0v) is 24.2. The Morgan fingerprint density at radius 3 is 1.50 bits per heavy atom. The van der Waals surface area contributed by atoms with Gasteiger partial charge in [0.1, 0.15) is 22.8 Å². The number of anilines is 2. The molecule has 0 atom stereocenters. The van der Waals surface area contributed by atoms with Crippen LogP contribution in [0, 0.1) is 24.2 Å². The molecule has 10 heteroatoms. The van der Waals surface area contributed by atoms with Gasteiger partial charge in [0.15, 0.2) is 34.5 Å². The van der Waals surface area contributed by atoms with Crippen molar-refractivity contribution in [3.63, 3.8) is 0 Å². The summed E-state index contributed by atoms with van der Waals surface area (Å²) in [6, 6.07) is 24.2. The number of hydrogen-bond acceptors (Lipinski definition) is 10. The molecule has 1 aromatic carbocycles. The maximum Gasteiger partial charge on any atom is 0.159 e. The summed E-state index contributed by atoms with van der Waals surface area (Å²) in [7, 11) is 0. The van der Waals surface area contributed by atoms with Crippen molar-refractivity contribution in [1.29, 1.82) is 0 Å². The summed E-state index contributed by atoms with van der Waals surface area (Å²) < 4.78 is 10.9. The number of pyridine rings is 2. The summed E-state index contributed by atoms with van der Waals surface area (Å²) in [5, 5.41) is 0. The lowest BCUT2D eigenvalue weighted by atomic mass is 10.1. The molecule has 0 saturated heterocycles. The van der Waals surface area contributed by atoms with Crippen LogP contribution in [0.4, 0.5) is 11.6 Å². The van der Waals surface area contributed by atoms with Gasteiger partial charge >= 0.3 is 0 Å². The van der Waals surface area contributed by atoms with E-state index in [1.807, 2.05) is 60.7 Å². The maximum atomic E-state index is 6.11. The van der Waals surface area contributed by atoms with Crippen LogP contribution < -0.4 is 11.5 Å². The van der Waals surface area contributed by atoms with Crippen molar-refractivity contribution >= 4 is 11.6 Å². The number of rotatable bonds is 4. The van der Waals surface area contributed by atoms with Gasteiger partial charge in [0.05, 0.1) is 12.5 Å². The van der Waals surface area contributed by atoms with Crippen LogP contribution in [0.3, 0.4) is 0 Å². The third-order valence-electron chi connectivity index (χ3n) is 6.50. The van der Waals surface area contributed by atoms with Gasteiger partial charge < -0.3 is 20.3 Å². The van der Waals surface area contributed by atoms with Crippen molar-refractivity contribution in [2.75, 3.05) is 11.5 Å². The van der Waals surface area contributed by atoms with E-state index in [0.29, 0.717) is 45.7 Å². The molecule has 0 fully saturated rings. The van der Waals surface area contributed by atoms with Gasteiger partial charge in [-0.2, -0.15) is 0 Å². The predicted octanol–water partition coefficient (Wildman–Crippen LogP) is 6.14. The zero-order chi connectivity index (χ0) is 31.7. The first kappa shape index (κ1) is 29.1. The highest BCUT2D eigenvalue weighted by atomic mass is 16.3. The number of nitrogen functional groups attached to an aromatic ring is 2. The summed E-state index contributed by atoms with van der Waals surface area (Å²) in [4.78, 5) is 25.9. The minimum absolute atomic E-state index is 0.205. The van der Waals surface area contributed by atoms with Crippen molar-refractivity contribution in [3.8, 4) is 69.6 Å². The molecule has 6 aromatic heterocycles. The Labute approximate surface area is 264 Å². The molecule has 4 N–H and O–H groups in total. The van der Waals surface area contributed by atoms with E-state index in [1.54, 1.807) is 55.5 Å². The number of benzene rings is 1. The topological polar surface area (TPSA) is 156 Å². The smallest absolute Gasteiger partial charge is 0.159 e. The van der Waals surface area contributed by atoms with Crippen molar-refractivity contribution in [1.82, 2.24) is 29.9 Å². The SMILES string of the molecule is C#Cc1nc(-c2ccncc2)c(-c2ccco2)nc1N.Nc1nc(-c2ccco2)c(-c2ccncc2)nc1C#Cc1ccccc1. The monoisotopic (exact) mass is 600 g/mol. The second kappa shape index (κ2) is 13.5. The molecule has 0 aliphatic heterocycles. The third kappa shape index (κ3) is 6.47. The Bertz CT molecular complexity index is 2170. The minimum Gasteiger partial charge on any atom is -0.463 e. The van der Waals surface area contributed by atoms with Crippen LogP contribution in [0.15, 0.2) is 125 Å². The molecular weight excluding hydrogens is 576 g/mol. The number of nitrogens with two attached hydrogens (primary N) is 2. The van der Waals surface area contributed by atoms with E-state index in [4.69, 9.17) is 26.7 Å². The molecule has 6 heterocycles. The highest BCUT2D eigenvalue weighted by Gasteiger charge is 2.17. The Kier molecular flexibility index (Phi) is 8.53. The number of terminal acetylenes is 1. The van der Waals surface area contributed by atoms with E-state index in [2.05, 4.69) is 47.7 Å². The lowest BCUT2D eigenvalue weighted by molar-refractivity contribution is 0.580. The van der Waals surface area contributed by atoms with Crippen LogP contribution in [0.25, 0.3) is 45.4 Å². The predicted molar refractivity (Wildman–Crippen MR) is 175 cm³/mol. The van der Waals surface area contributed by atoms with Crippen LogP contribution in [0.2, 0.25) is 0 Å². The fourth-order valence-corrected chi connectivity index (χ4v) is 4.34. The van der Waals surface area contributed by atoms with Gasteiger partial charge in [-0.05, 0) is 72.5 Å². The number of furan rings is 2. The van der Waals surface area contributed by atoms with Crippen LogP contribution in [0.1, 0.15) is 17.0 Å². The fourth-order valence-electron chi connectivity index (χ4n) is 4.34. The molecule has 0 spiro atoms. The third-order valence-corrected chi connectivity index (χ3v) is 6.50. The minimum atomic E-state index is 0.205. The molecule has 0 bridgehead atoms. The van der Waals surface area contributed by atoms with E-state index < -0.39 is 0 Å². The number of hydrogen-bond donors (Lipinski definition) is 2. The van der Waals surface area contributed by atoms with E-state index >= 15 is 0 Å². The first-order valence-corrected chi connectivity index (χ1v) is 13.9. The first-order valence-electron chi connectivity index (χ1n) is 13.9. The lowest BCUT2D eigenvalue weighted by Gasteiger charge is -2.08. The van der Waals surface area contributed by atoms with Gasteiger partial charge in [-0.3, -0.25) is 9.97 Å². The molecule has 7 rings (SSSR count). The molecule has 0 aliphatic carbocycles. The van der Waals surface area contributed by atoms with Crippen molar-refractivity contribution in [2.45, 2.75) is 0 Å². The highest BCUT2D eigenvalue weighted by molar-refractivity contribution is 5.78. The molecule has 0 aliphatic rings. The van der Waals surface area contributed by atoms with Gasteiger partial charge in [0.25, 0.3) is 0 Å². The Balaban J connectivity index is 0.000000167. The van der Waals surface area contributed by atoms with Gasteiger partial charge in [-0.25, -0.2) is 19.9 Å². The van der Waals surface area contributed by atoms with E-state index in [1.165, 1.54) is 0 Å². The van der Waals surface area contributed by atoms with Crippen LogP contribution in [-0.2, 0) is 0 Å². The van der Waals surface area contributed by atoms with Crippen LogP contribution in [0.5, 0.6) is 0 Å². The van der Waals surface area contributed by atoms with E-state index in [9.17, 15) is 0 Å². The summed E-state index contributed by atoms with van der Waals surface area (Å²) in [5.74, 6) is 10.2. The van der Waals surface area contributed by atoms with Gasteiger partial charge in [0, 0.05) is 41.5 Å². The molecule has 220 valence electrons. The average molecular weight is 601 g/mol. The molecule has 0 radical (unpaired) electrons. The highest BCUT2D eigenvalue weighted by Crippen LogP contribution is 2.31. The second-order valence-corrected chi connectivity index (χ2v) is 9.50. The van der Waals surface area contributed by atoms with E-state index in [0.717, 1.165) is 16.7 Å². The molecule has 46 heavy (non-hydrogen) atoms. The zero-order valence-electron chi connectivity index (χ0n) is 24.2. The lowest BCUT2D eigenvalue weighted by Crippen LogP contribution is -2.03. The number of aromatic nitrogens is 6. The molecule has 10 nitrogen and oxygen atoms in total. The molecule has 0 unspecified atom stereocenters. The van der Waals surface area contributed by atoms with Crippen molar-refractivity contribution in [3.05, 3.63) is 133 Å². The molecule has 0 saturated carbocycles. The first-order chi connectivity index (χ1) is 22.6. The van der Waals surface area contributed by atoms with E-state index in [-0.39, 0.29) is 11.6 Å². The largest absolute Gasteiger partial charge is 0.463 e. The van der Waals surface area contributed by atoms with Crippen LogP contribution in [-0.4, -0.2) is 29.9 Å². The summed E-state index contributed by atoms with van der Waals surface area (Å²) in [5.41, 5.74) is 17.6. The normalized spacial score (nSPS) is 10.2. The maximum absolute atomic E-state index is 6.11. The van der Waals surface area contributed by atoms with Crippen molar-refractivity contribution in [2.24, 2.45) is 0 Å². The fraction of sp³-hybridized carbons (Fsp3) is 0. The molecule has 7 aromatic rings. The Morgan fingerprint density at radius 2 is 1.02 bits per heavy atom. The molecule has 0 amide bonds. The average Bonchev–Trinajstić information content (AvgIpc) is 3.85. The molecular formula is C36H24N8O2. The second-order valence-electron chi connectivity index (χ2n) is 9.50. The Hall–Kier alpha value is -7.04. The van der Waals surface area contributed by atoms with Crippen LogP contribution >= 0.6 is 0 Å². The van der Waals surface area contributed by atoms with Gasteiger partial charge in [0.2, 0.25) is 0 Å².